The summed E-state index contributed by atoms with van der Waals surface area (Å²) in [5.41, 5.74) is 0.904. The van der Waals surface area contributed by atoms with Gasteiger partial charge in [-0.05, 0) is 24.3 Å². The molecule has 2 aromatic rings. The lowest BCUT2D eigenvalue weighted by molar-refractivity contribution is -0.128. The molecular formula is C18H15Cl2FN2O2. The van der Waals surface area contributed by atoms with Crippen molar-refractivity contribution in [2.45, 2.75) is 13.0 Å². The standard InChI is InChI=1S/C18H15Cl2FN2O2/c19-13-6-14(20)8-15(7-13)22-18(25)12-5-17(24)23(10-12)9-11-3-1-2-4-16(11)21/h1-4,6-8,12H,5,9-10H2,(H,22,25). The van der Waals surface area contributed by atoms with Crippen LogP contribution in [0.4, 0.5) is 10.1 Å². The zero-order valence-electron chi connectivity index (χ0n) is 13.1. The topological polar surface area (TPSA) is 49.4 Å². The maximum Gasteiger partial charge on any atom is 0.229 e. The number of hydrogen-bond acceptors (Lipinski definition) is 2. The molecule has 2 aromatic carbocycles. The van der Waals surface area contributed by atoms with Gasteiger partial charge in [0.1, 0.15) is 5.82 Å². The Bertz CT molecular complexity index is 808. The van der Waals surface area contributed by atoms with Crippen LogP contribution in [-0.2, 0) is 16.1 Å². The molecule has 4 nitrogen and oxygen atoms in total. The average Bonchev–Trinajstić information content (AvgIpc) is 2.90. The number of hydrogen-bond donors (Lipinski definition) is 1. The third-order valence-corrected chi connectivity index (χ3v) is 4.47. The van der Waals surface area contributed by atoms with Crippen LogP contribution in [-0.4, -0.2) is 23.3 Å². The molecule has 1 heterocycles. The molecule has 1 saturated heterocycles. The van der Waals surface area contributed by atoms with E-state index in [0.29, 0.717) is 21.3 Å². The summed E-state index contributed by atoms with van der Waals surface area (Å²) in [4.78, 5) is 26.0. The quantitative estimate of drug-likeness (QED) is 0.866. The number of halogens is 3. The summed E-state index contributed by atoms with van der Waals surface area (Å²) in [5, 5.41) is 3.54. The predicted molar refractivity (Wildman–Crippen MR) is 95.0 cm³/mol. The number of nitrogens with zero attached hydrogens (tertiary/aromatic N) is 1. The Balaban J connectivity index is 1.65. The third-order valence-electron chi connectivity index (χ3n) is 4.03. The second-order valence-electron chi connectivity index (χ2n) is 5.91. The molecule has 1 aliphatic rings. The van der Waals surface area contributed by atoms with Crippen LogP contribution in [0.15, 0.2) is 42.5 Å². The molecule has 0 bridgehead atoms. The van der Waals surface area contributed by atoms with Crippen molar-refractivity contribution < 1.29 is 14.0 Å². The van der Waals surface area contributed by atoms with Crippen LogP contribution in [0.1, 0.15) is 12.0 Å². The first-order valence-electron chi connectivity index (χ1n) is 7.70. The van der Waals surface area contributed by atoms with E-state index >= 15 is 0 Å². The number of amides is 2. The van der Waals surface area contributed by atoms with E-state index in [1.807, 2.05) is 0 Å². The zero-order chi connectivity index (χ0) is 18.0. The Morgan fingerprint density at radius 3 is 2.56 bits per heavy atom. The van der Waals surface area contributed by atoms with Crippen LogP contribution >= 0.6 is 23.2 Å². The molecule has 0 spiro atoms. The number of benzene rings is 2. The molecule has 0 saturated carbocycles. The van der Waals surface area contributed by atoms with Gasteiger partial charge in [-0.15, -0.1) is 0 Å². The van der Waals surface area contributed by atoms with Crippen molar-refractivity contribution in [3.05, 3.63) is 63.9 Å². The first-order valence-corrected chi connectivity index (χ1v) is 8.46. The van der Waals surface area contributed by atoms with Crippen LogP contribution in [0.5, 0.6) is 0 Å². The van der Waals surface area contributed by atoms with Gasteiger partial charge in [0.25, 0.3) is 0 Å². The van der Waals surface area contributed by atoms with Gasteiger partial charge in [0.15, 0.2) is 0 Å². The molecule has 130 valence electrons. The van der Waals surface area contributed by atoms with Gasteiger partial charge < -0.3 is 10.2 Å². The van der Waals surface area contributed by atoms with Crippen LogP contribution in [0.25, 0.3) is 0 Å². The van der Waals surface area contributed by atoms with Crippen LogP contribution in [0.3, 0.4) is 0 Å². The molecule has 2 amide bonds. The van der Waals surface area contributed by atoms with Crippen LogP contribution in [0, 0.1) is 11.7 Å². The maximum absolute atomic E-state index is 13.7. The SMILES string of the molecule is O=C(Nc1cc(Cl)cc(Cl)c1)C1CC(=O)N(Cc2ccccc2F)C1. The van der Waals surface area contributed by atoms with E-state index in [-0.39, 0.29) is 37.1 Å². The summed E-state index contributed by atoms with van der Waals surface area (Å²) in [6, 6.07) is 11.0. The van der Waals surface area contributed by atoms with E-state index in [2.05, 4.69) is 5.32 Å². The van der Waals surface area contributed by atoms with Crippen LogP contribution < -0.4 is 5.32 Å². The van der Waals surface area contributed by atoms with Crippen LogP contribution in [0.2, 0.25) is 10.0 Å². The van der Waals surface area contributed by atoms with Gasteiger partial charge >= 0.3 is 0 Å². The number of carbonyl (C=O) groups is 2. The van der Waals surface area contributed by atoms with E-state index in [4.69, 9.17) is 23.2 Å². The minimum absolute atomic E-state index is 0.0918. The van der Waals surface area contributed by atoms with E-state index in [1.165, 1.54) is 11.0 Å². The third kappa shape index (κ3) is 4.30. The van der Waals surface area contributed by atoms with Crippen molar-refractivity contribution in [1.29, 1.82) is 0 Å². The summed E-state index contributed by atoms with van der Waals surface area (Å²) in [6.45, 7) is 0.394. The lowest BCUT2D eigenvalue weighted by Gasteiger charge is -2.17. The smallest absolute Gasteiger partial charge is 0.229 e. The molecule has 0 aliphatic carbocycles. The average molecular weight is 381 g/mol. The molecule has 1 aliphatic heterocycles. The van der Waals surface area contributed by atoms with E-state index in [9.17, 15) is 14.0 Å². The van der Waals surface area contributed by atoms with Gasteiger partial charge in [-0.3, -0.25) is 9.59 Å². The molecule has 1 atom stereocenters. The minimum Gasteiger partial charge on any atom is -0.337 e. The number of anilines is 1. The molecule has 1 N–H and O–H groups in total. The predicted octanol–water partition coefficient (Wildman–Crippen LogP) is 4.12. The van der Waals surface area contributed by atoms with Gasteiger partial charge in [-0.25, -0.2) is 4.39 Å². The lowest BCUT2D eigenvalue weighted by atomic mass is 10.1. The van der Waals surface area contributed by atoms with Crippen molar-refractivity contribution in [2.75, 3.05) is 11.9 Å². The summed E-state index contributed by atoms with van der Waals surface area (Å²) in [7, 11) is 0. The molecule has 1 fully saturated rings. The van der Waals surface area contributed by atoms with Crippen molar-refractivity contribution in [3.8, 4) is 0 Å². The number of carbonyl (C=O) groups excluding carboxylic acids is 2. The molecule has 0 aromatic heterocycles. The van der Waals surface area contributed by atoms with Crippen molar-refractivity contribution in [1.82, 2.24) is 4.90 Å². The second-order valence-corrected chi connectivity index (χ2v) is 6.79. The number of nitrogens with one attached hydrogen (secondary N) is 1. The molecule has 0 radical (unpaired) electrons. The summed E-state index contributed by atoms with van der Waals surface area (Å²) in [5.74, 6) is -1.33. The molecule has 1 unspecified atom stereocenters. The Morgan fingerprint density at radius 2 is 1.88 bits per heavy atom. The van der Waals surface area contributed by atoms with E-state index in [1.54, 1.807) is 36.4 Å². The highest BCUT2D eigenvalue weighted by molar-refractivity contribution is 6.35. The van der Waals surface area contributed by atoms with Crippen molar-refractivity contribution in [3.63, 3.8) is 0 Å². The molecule has 7 heteroatoms. The normalized spacial score (nSPS) is 17.0. The molecule has 3 rings (SSSR count). The summed E-state index contributed by atoms with van der Waals surface area (Å²) in [6.07, 6.45) is 0.0918. The highest BCUT2D eigenvalue weighted by Crippen LogP contribution is 2.25. The van der Waals surface area contributed by atoms with Crippen molar-refractivity contribution >= 4 is 40.7 Å². The Labute approximate surface area is 154 Å². The second kappa shape index (κ2) is 7.42. The summed E-state index contributed by atoms with van der Waals surface area (Å²) < 4.78 is 13.7. The fraction of sp³-hybridized carbons (Fsp3) is 0.222. The van der Waals surface area contributed by atoms with E-state index in [0.717, 1.165) is 0 Å². The number of likely N-dealkylation sites (tertiary alicyclic amines) is 1. The lowest BCUT2D eigenvalue weighted by Crippen LogP contribution is -2.28. The molecular weight excluding hydrogens is 366 g/mol. The Morgan fingerprint density at radius 1 is 1.20 bits per heavy atom. The Kier molecular flexibility index (Phi) is 5.25. The Hall–Kier alpha value is -2.11. The fourth-order valence-corrected chi connectivity index (χ4v) is 3.33. The molecule has 25 heavy (non-hydrogen) atoms. The summed E-state index contributed by atoms with van der Waals surface area (Å²) >= 11 is 11.8. The maximum atomic E-state index is 13.7. The first kappa shape index (κ1) is 17.7. The highest BCUT2D eigenvalue weighted by atomic mass is 35.5. The minimum atomic E-state index is -0.503. The fourth-order valence-electron chi connectivity index (χ4n) is 2.80. The monoisotopic (exact) mass is 380 g/mol. The van der Waals surface area contributed by atoms with Gasteiger partial charge in [-0.1, -0.05) is 41.4 Å². The van der Waals surface area contributed by atoms with Gasteiger partial charge in [-0.2, -0.15) is 0 Å². The van der Waals surface area contributed by atoms with Crippen molar-refractivity contribution in [2.24, 2.45) is 5.92 Å². The first-order chi connectivity index (χ1) is 11.9. The number of rotatable bonds is 4. The van der Waals surface area contributed by atoms with Gasteiger partial charge in [0.2, 0.25) is 11.8 Å². The van der Waals surface area contributed by atoms with Gasteiger partial charge in [0, 0.05) is 40.8 Å². The highest BCUT2D eigenvalue weighted by Gasteiger charge is 2.34. The van der Waals surface area contributed by atoms with Gasteiger partial charge in [0.05, 0.1) is 5.92 Å². The van der Waals surface area contributed by atoms with E-state index < -0.39 is 5.92 Å². The zero-order valence-corrected chi connectivity index (χ0v) is 14.6. The largest absolute Gasteiger partial charge is 0.337 e.